The Morgan fingerprint density at radius 1 is 0.960 bits per heavy atom. The molecule has 1 aromatic heterocycles. The van der Waals surface area contributed by atoms with Crippen molar-refractivity contribution in [3.8, 4) is 0 Å². The number of para-hydroxylation sites is 2. The van der Waals surface area contributed by atoms with E-state index < -0.39 is 43.4 Å². The molecule has 3 aromatic carbocycles. The van der Waals surface area contributed by atoms with Crippen LogP contribution in [0.25, 0.3) is 11.0 Å². The highest BCUT2D eigenvalue weighted by atomic mass is 32.2. The van der Waals surface area contributed by atoms with E-state index in [1.807, 2.05) is 12.1 Å². The second-order valence-corrected chi connectivity index (χ2v) is 15.5. The SMILES string of the molecule is CCONS(=O)(=O)c1cc(C(=O)N2CCC(CCN3[C@@H]4CC[C@H]3CC(n3c(C)nc5ccccc53)C4)(c3cccc(F)c3)CC2)c(F)cc1F. The van der Waals surface area contributed by atoms with Crippen LogP contribution in [0, 0.1) is 24.4 Å². The third kappa shape index (κ3) is 6.44. The maximum atomic E-state index is 15.0. The second-order valence-electron chi connectivity index (χ2n) is 13.9. The van der Waals surface area contributed by atoms with E-state index in [1.54, 1.807) is 17.0 Å². The molecule has 1 amide bonds. The fraction of sp³-hybridized carbons (Fsp3) is 0.459. The Kier molecular flexibility index (Phi) is 9.52. The van der Waals surface area contributed by atoms with Crippen molar-refractivity contribution < 1.29 is 31.2 Å². The molecule has 1 N–H and O–H groups in total. The van der Waals surface area contributed by atoms with Gasteiger partial charge in [-0.15, -0.1) is 0 Å². The number of carbonyl (C=O) groups is 1. The lowest BCUT2D eigenvalue weighted by Crippen LogP contribution is -2.49. The van der Waals surface area contributed by atoms with Crippen molar-refractivity contribution in [1.82, 2.24) is 24.2 Å². The molecule has 1 unspecified atom stereocenters. The van der Waals surface area contributed by atoms with Crippen LogP contribution in [-0.4, -0.2) is 72.0 Å². The lowest BCUT2D eigenvalue weighted by molar-refractivity contribution is 0.0602. The molecule has 7 rings (SSSR count). The lowest BCUT2D eigenvalue weighted by Gasteiger charge is -2.45. The molecule has 0 aliphatic carbocycles. The summed E-state index contributed by atoms with van der Waals surface area (Å²) in [6, 6.07) is 17.3. The van der Waals surface area contributed by atoms with Crippen molar-refractivity contribution in [3.63, 3.8) is 0 Å². The molecule has 0 radical (unpaired) electrons. The van der Waals surface area contributed by atoms with Crippen LogP contribution in [0.5, 0.6) is 0 Å². The molecule has 3 atom stereocenters. The molecule has 3 saturated heterocycles. The number of piperidine rings is 2. The van der Waals surface area contributed by atoms with Gasteiger partial charge in [0.1, 0.15) is 28.2 Å². The maximum absolute atomic E-state index is 15.0. The van der Waals surface area contributed by atoms with E-state index in [9.17, 15) is 26.4 Å². The summed E-state index contributed by atoms with van der Waals surface area (Å²) >= 11 is 0. The van der Waals surface area contributed by atoms with Gasteiger partial charge < -0.3 is 9.47 Å². The van der Waals surface area contributed by atoms with Gasteiger partial charge in [0.25, 0.3) is 15.9 Å². The summed E-state index contributed by atoms with van der Waals surface area (Å²) in [6.45, 7) is 4.92. The van der Waals surface area contributed by atoms with Crippen LogP contribution < -0.4 is 4.89 Å². The van der Waals surface area contributed by atoms with Crippen molar-refractivity contribution in [1.29, 1.82) is 0 Å². The molecule has 4 aromatic rings. The molecule has 13 heteroatoms. The van der Waals surface area contributed by atoms with Crippen molar-refractivity contribution in [3.05, 3.63) is 95.1 Å². The van der Waals surface area contributed by atoms with Crippen molar-refractivity contribution in [2.75, 3.05) is 26.2 Å². The Bertz CT molecular complexity index is 2000. The van der Waals surface area contributed by atoms with Crippen molar-refractivity contribution >= 4 is 27.0 Å². The van der Waals surface area contributed by atoms with E-state index in [0.717, 1.165) is 61.6 Å². The first kappa shape index (κ1) is 34.7. The van der Waals surface area contributed by atoms with Crippen LogP contribution in [-0.2, 0) is 20.3 Å². The van der Waals surface area contributed by atoms with E-state index in [0.29, 0.717) is 37.0 Å². The molecule has 3 aliphatic heterocycles. The highest BCUT2D eigenvalue weighted by molar-refractivity contribution is 7.89. The van der Waals surface area contributed by atoms with E-state index >= 15 is 0 Å². The Labute approximate surface area is 290 Å². The molecule has 3 fully saturated rings. The number of rotatable bonds is 10. The normalized spacial score (nSPS) is 22.3. The van der Waals surface area contributed by atoms with E-state index in [4.69, 9.17) is 9.82 Å². The average Bonchev–Trinajstić information content (AvgIpc) is 3.56. The zero-order chi connectivity index (χ0) is 35.2. The van der Waals surface area contributed by atoms with Gasteiger partial charge in [-0.2, -0.15) is 0 Å². The second kappa shape index (κ2) is 13.7. The number of carbonyl (C=O) groups excluding carboxylic acids is 1. The molecule has 3 aliphatic rings. The quantitative estimate of drug-likeness (QED) is 0.191. The molecule has 50 heavy (non-hydrogen) atoms. The topological polar surface area (TPSA) is 96.8 Å². The smallest absolute Gasteiger partial charge is 0.265 e. The van der Waals surface area contributed by atoms with E-state index in [1.165, 1.54) is 23.4 Å². The maximum Gasteiger partial charge on any atom is 0.265 e. The van der Waals surface area contributed by atoms with Crippen molar-refractivity contribution in [2.45, 2.75) is 87.2 Å². The van der Waals surface area contributed by atoms with Gasteiger partial charge in [-0.25, -0.2) is 26.6 Å². The predicted molar refractivity (Wildman–Crippen MR) is 182 cm³/mol. The third-order valence-electron chi connectivity index (χ3n) is 11.1. The van der Waals surface area contributed by atoms with Crippen LogP contribution in [0.4, 0.5) is 13.2 Å². The first-order valence-electron chi connectivity index (χ1n) is 17.4. The summed E-state index contributed by atoms with van der Waals surface area (Å²) in [5, 5.41) is 0. The number of nitrogens with one attached hydrogen (secondary N) is 1. The number of sulfonamides is 1. The number of amides is 1. The third-order valence-corrected chi connectivity index (χ3v) is 12.4. The first-order valence-corrected chi connectivity index (χ1v) is 18.9. The van der Waals surface area contributed by atoms with Gasteiger partial charge in [0, 0.05) is 37.3 Å². The van der Waals surface area contributed by atoms with Gasteiger partial charge in [0.05, 0.1) is 23.2 Å². The van der Waals surface area contributed by atoms with Crippen LogP contribution in [0.3, 0.4) is 0 Å². The summed E-state index contributed by atoms with van der Waals surface area (Å²) in [5.74, 6) is -2.50. The Balaban J connectivity index is 1.08. The highest BCUT2D eigenvalue weighted by Gasteiger charge is 2.44. The molecule has 0 saturated carbocycles. The summed E-state index contributed by atoms with van der Waals surface area (Å²) in [6.07, 6.45) is 6.11. The number of hydrogen-bond donors (Lipinski definition) is 1. The highest BCUT2D eigenvalue weighted by Crippen LogP contribution is 2.45. The number of likely N-dealkylation sites (tertiary alicyclic amines) is 1. The molecule has 266 valence electrons. The fourth-order valence-electron chi connectivity index (χ4n) is 8.68. The average molecular weight is 710 g/mol. The number of halogens is 3. The zero-order valence-corrected chi connectivity index (χ0v) is 29.1. The molecule has 2 bridgehead atoms. The van der Waals surface area contributed by atoms with Crippen LogP contribution in [0.1, 0.15) is 79.7 Å². The standard InChI is InChI=1S/C37H42F3N5O4S/c1-3-49-42-50(47,48)35-22-30(31(39)23-32(35)40)36(46)43-16-13-37(14-17-43,25-7-6-8-26(38)19-25)15-18-44-27-11-12-28(44)21-29(20-27)45-24(2)41-33-9-4-5-10-34(33)45/h4-10,19,22-23,27-29,42H,3,11-18,20-21H2,1-2H3/t27-,28+,29?. The molecular weight excluding hydrogens is 667 g/mol. The first-order chi connectivity index (χ1) is 24.0. The summed E-state index contributed by atoms with van der Waals surface area (Å²) in [4.78, 5) is 28.1. The van der Waals surface area contributed by atoms with E-state index in [-0.39, 0.29) is 25.5 Å². The number of aryl methyl sites for hydroxylation is 1. The van der Waals surface area contributed by atoms with Crippen LogP contribution in [0.15, 0.2) is 65.6 Å². The number of hydrogen-bond acceptors (Lipinski definition) is 6. The molecular formula is C37H42F3N5O4S. The van der Waals surface area contributed by atoms with Gasteiger partial charge in [-0.05, 0) is 107 Å². The van der Waals surface area contributed by atoms with Crippen LogP contribution >= 0.6 is 0 Å². The van der Waals surface area contributed by atoms with Crippen LogP contribution in [0.2, 0.25) is 0 Å². The van der Waals surface area contributed by atoms with Gasteiger partial charge in [-0.3, -0.25) is 14.5 Å². The lowest BCUT2D eigenvalue weighted by atomic mass is 9.70. The van der Waals surface area contributed by atoms with Gasteiger partial charge >= 0.3 is 0 Å². The number of nitrogens with zero attached hydrogens (tertiary/aromatic N) is 4. The molecule has 4 heterocycles. The van der Waals surface area contributed by atoms with E-state index in [2.05, 4.69) is 34.6 Å². The monoisotopic (exact) mass is 709 g/mol. The molecule has 0 spiro atoms. The van der Waals surface area contributed by atoms with Gasteiger partial charge in [-0.1, -0.05) is 29.2 Å². The minimum atomic E-state index is -4.50. The minimum absolute atomic E-state index is 0.0170. The van der Waals surface area contributed by atoms with Crippen molar-refractivity contribution in [2.24, 2.45) is 0 Å². The molecule has 9 nitrogen and oxygen atoms in total. The number of imidazole rings is 1. The number of fused-ring (bicyclic) bond motifs is 3. The number of benzene rings is 3. The Morgan fingerprint density at radius 2 is 1.68 bits per heavy atom. The summed E-state index contributed by atoms with van der Waals surface area (Å²) < 4.78 is 71.8. The summed E-state index contributed by atoms with van der Waals surface area (Å²) in [5.41, 5.74) is 2.10. The largest absolute Gasteiger partial charge is 0.338 e. The summed E-state index contributed by atoms with van der Waals surface area (Å²) in [7, 11) is -4.50. The zero-order valence-electron chi connectivity index (χ0n) is 28.2. The van der Waals surface area contributed by atoms with Gasteiger partial charge in [0.2, 0.25) is 0 Å². The number of aromatic nitrogens is 2. The fourth-order valence-corrected chi connectivity index (χ4v) is 9.63. The minimum Gasteiger partial charge on any atom is -0.338 e. The van der Waals surface area contributed by atoms with Gasteiger partial charge in [0.15, 0.2) is 0 Å². The predicted octanol–water partition coefficient (Wildman–Crippen LogP) is 6.42. The Hall–Kier alpha value is -3.78. The Morgan fingerprint density at radius 3 is 2.38 bits per heavy atom.